The zero-order valence-electron chi connectivity index (χ0n) is 38.0. The number of carbonyl (C=O) groups excluding carboxylic acids is 3. The molecule has 5 fully saturated rings. The number of esters is 1. The molecule has 1 aromatic carbocycles. The van der Waals surface area contributed by atoms with Crippen molar-refractivity contribution in [1.82, 2.24) is 9.80 Å². The summed E-state index contributed by atoms with van der Waals surface area (Å²) in [5.41, 5.74) is 2.26. The normalized spacial score (nSPS) is 38.2. The van der Waals surface area contributed by atoms with Crippen molar-refractivity contribution in [2.75, 3.05) is 33.7 Å². The number of ether oxygens (including phenoxy) is 1. The number of nitrogens with zero attached hydrogens (tertiary/aromatic N) is 2. The quantitative estimate of drug-likeness (QED) is 0.221. The fraction of sp³-hybridized carbons (Fsp3) is 0.760. The van der Waals surface area contributed by atoms with Gasteiger partial charge in [0, 0.05) is 47.5 Å². The fourth-order valence-corrected chi connectivity index (χ4v) is 15.2. The van der Waals surface area contributed by atoms with E-state index in [-0.39, 0.29) is 56.9 Å². The van der Waals surface area contributed by atoms with Crippen LogP contribution in [0.2, 0.25) is 5.02 Å². The molecule has 0 bridgehead atoms. The molecule has 9 heteroatoms. The molecule has 326 valence electrons. The smallest absolute Gasteiger partial charge is 0.309 e. The average molecular weight is 834 g/mol. The van der Waals surface area contributed by atoms with Gasteiger partial charge in [0.25, 0.3) is 5.91 Å². The third-order valence-corrected chi connectivity index (χ3v) is 18.9. The number of halogens is 1. The average Bonchev–Trinajstić information content (AvgIpc) is 3.44. The lowest BCUT2D eigenvalue weighted by atomic mass is 9.33. The summed E-state index contributed by atoms with van der Waals surface area (Å²) in [6, 6.07) is 7.26. The van der Waals surface area contributed by atoms with E-state index in [1.165, 1.54) is 5.57 Å². The molecule has 59 heavy (non-hydrogen) atoms. The molecular weight excluding hydrogens is 760 g/mol. The molecule has 6 aliphatic rings. The van der Waals surface area contributed by atoms with Gasteiger partial charge in [-0.15, -0.1) is 0 Å². The van der Waals surface area contributed by atoms with Crippen LogP contribution in [-0.2, 0) is 19.1 Å². The first-order valence-electron chi connectivity index (χ1n) is 22.9. The summed E-state index contributed by atoms with van der Waals surface area (Å²) in [5, 5.41) is 10.2. The Kier molecular flexibility index (Phi) is 11.5. The molecule has 0 aromatic heterocycles. The summed E-state index contributed by atoms with van der Waals surface area (Å²) in [6.07, 6.45) is 9.78. The van der Waals surface area contributed by atoms with Crippen molar-refractivity contribution in [2.24, 2.45) is 68.0 Å². The van der Waals surface area contributed by atoms with E-state index < -0.39 is 17.3 Å². The maximum absolute atomic E-state index is 14.3. The number of carboxylic acids is 1. The Morgan fingerprint density at radius 1 is 0.847 bits per heavy atom. The van der Waals surface area contributed by atoms with Crippen molar-refractivity contribution in [2.45, 2.75) is 139 Å². The van der Waals surface area contributed by atoms with E-state index in [0.29, 0.717) is 60.1 Å². The molecule has 0 spiro atoms. The Labute approximate surface area is 359 Å². The summed E-state index contributed by atoms with van der Waals surface area (Å²) >= 11 is 6.36. The van der Waals surface area contributed by atoms with E-state index in [1.807, 2.05) is 45.0 Å². The van der Waals surface area contributed by atoms with Crippen molar-refractivity contribution in [3.63, 3.8) is 0 Å². The molecule has 0 saturated heterocycles. The first-order valence-corrected chi connectivity index (χ1v) is 23.2. The van der Waals surface area contributed by atoms with E-state index in [1.54, 1.807) is 12.1 Å². The van der Waals surface area contributed by atoms with Gasteiger partial charge in [0.1, 0.15) is 6.10 Å². The zero-order chi connectivity index (χ0) is 43.2. The minimum absolute atomic E-state index is 0.00512. The minimum Gasteiger partial charge on any atom is -0.481 e. The van der Waals surface area contributed by atoms with Crippen LogP contribution in [0.1, 0.15) is 143 Å². The van der Waals surface area contributed by atoms with Gasteiger partial charge in [-0.2, -0.15) is 0 Å². The molecule has 8 nitrogen and oxygen atoms in total. The first kappa shape index (κ1) is 44.3. The first-order chi connectivity index (χ1) is 27.4. The topological polar surface area (TPSA) is 104 Å². The van der Waals surface area contributed by atoms with Gasteiger partial charge >= 0.3 is 11.9 Å². The Morgan fingerprint density at radius 2 is 1.56 bits per heavy atom. The van der Waals surface area contributed by atoms with E-state index >= 15 is 0 Å². The van der Waals surface area contributed by atoms with Crippen LogP contribution in [0.4, 0.5) is 0 Å². The molecule has 6 aliphatic carbocycles. The number of rotatable bonds is 11. The number of Topliss-reactive ketones (excluding diaryl/α,β-unsaturated/α-hetero) is 1. The highest BCUT2D eigenvalue weighted by molar-refractivity contribution is 6.31. The van der Waals surface area contributed by atoms with Crippen molar-refractivity contribution < 1.29 is 29.0 Å². The number of hydrogen-bond donors (Lipinski definition) is 1. The number of carboxylic acid groups (broad SMARTS) is 1. The number of allylic oxidation sites excluding steroid dienone is 2. The van der Waals surface area contributed by atoms with Crippen LogP contribution in [-0.4, -0.2) is 78.4 Å². The molecule has 5 saturated carbocycles. The monoisotopic (exact) mass is 833 g/mol. The van der Waals surface area contributed by atoms with Gasteiger partial charge in [0.05, 0.1) is 11.8 Å². The summed E-state index contributed by atoms with van der Waals surface area (Å²) < 4.78 is 6.45. The lowest BCUT2D eigenvalue weighted by Gasteiger charge is -2.72. The molecule has 7 rings (SSSR count). The highest BCUT2D eigenvalue weighted by atomic mass is 35.5. The fourth-order valence-electron chi connectivity index (χ4n) is 15.0. The van der Waals surface area contributed by atoms with Crippen LogP contribution in [0.15, 0.2) is 35.4 Å². The van der Waals surface area contributed by atoms with Crippen molar-refractivity contribution in [3.8, 4) is 0 Å². The number of aliphatic carboxylic acids is 1. The molecule has 0 aliphatic heterocycles. The van der Waals surface area contributed by atoms with Crippen LogP contribution in [0, 0.1) is 68.0 Å². The Hall–Kier alpha value is -2.71. The number of likely N-dealkylation sites (N-methyl/N-ethyl adjacent to an activating group) is 1. The Balaban J connectivity index is 1.14. The summed E-state index contributed by atoms with van der Waals surface area (Å²) in [4.78, 5) is 58.0. The van der Waals surface area contributed by atoms with Crippen molar-refractivity contribution >= 4 is 35.2 Å². The van der Waals surface area contributed by atoms with Crippen LogP contribution in [0.3, 0.4) is 0 Å². The van der Waals surface area contributed by atoms with Gasteiger partial charge in [-0.25, -0.2) is 0 Å². The van der Waals surface area contributed by atoms with Gasteiger partial charge in [0.15, 0.2) is 5.78 Å². The molecular formula is C50H73ClN2O6. The largest absolute Gasteiger partial charge is 0.481 e. The Morgan fingerprint density at radius 3 is 2.19 bits per heavy atom. The molecule has 10 atom stereocenters. The van der Waals surface area contributed by atoms with E-state index in [9.17, 15) is 24.3 Å². The number of benzene rings is 1. The second-order valence-corrected chi connectivity index (χ2v) is 23.1. The lowest BCUT2D eigenvalue weighted by molar-refractivity contribution is -0.236. The van der Waals surface area contributed by atoms with Crippen LogP contribution in [0.5, 0.6) is 0 Å². The molecule has 1 amide bonds. The zero-order valence-corrected chi connectivity index (χ0v) is 38.8. The van der Waals surface area contributed by atoms with Gasteiger partial charge in [-0.3, -0.25) is 19.2 Å². The standard InChI is InChI=1S/C50H73ClN2O6/c1-30(2)40-36(54)29-50(23-24-53(26-25-52(10)11)42(55)31-13-12-14-32(51)27-31)22-21-48(8)33(41(40)50)15-16-38-47(7)19-18-39(46(5,6)37(47)17-20-49(38,48)9)59-44(58)35-28-34(43(56)57)45(35,3)4/h12-14,27,30,33-35,37-39H,15-26,28-29H2,1-11H3,(H,56,57)/t33-,34+,35-,37+,38-,39+,47+,48-,49-,50-/m1/s1. The third-order valence-electron chi connectivity index (χ3n) is 18.7. The maximum atomic E-state index is 14.3. The predicted octanol–water partition coefficient (Wildman–Crippen LogP) is 10.4. The van der Waals surface area contributed by atoms with Gasteiger partial charge < -0.3 is 19.6 Å². The summed E-state index contributed by atoms with van der Waals surface area (Å²) in [7, 11) is 4.08. The third kappa shape index (κ3) is 6.95. The van der Waals surface area contributed by atoms with Gasteiger partial charge in [0.2, 0.25) is 0 Å². The van der Waals surface area contributed by atoms with E-state index in [0.717, 1.165) is 69.9 Å². The number of carbonyl (C=O) groups is 4. The summed E-state index contributed by atoms with van der Waals surface area (Å²) in [5.74, 6) is -0.243. The second-order valence-electron chi connectivity index (χ2n) is 22.6. The SMILES string of the molecule is CC(C)C1=C2[C@H]3CC[C@@H]4[C@@]5(C)CC[C@H](OC(=O)[C@H]6C[C@@H](C(=O)O)C6(C)C)C(C)(C)[C@@H]5CC[C@@]4(C)[C@]3(C)CC[C@@]2(CCN(CCN(C)C)C(=O)c2cccc(Cl)c2)CC1=O. The van der Waals surface area contributed by atoms with Crippen molar-refractivity contribution in [1.29, 1.82) is 0 Å². The molecule has 1 aromatic rings. The van der Waals surface area contributed by atoms with E-state index in [2.05, 4.69) is 53.4 Å². The number of hydrogen-bond acceptors (Lipinski definition) is 6. The molecule has 0 heterocycles. The van der Waals surface area contributed by atoms with Gasteiger partial charge in [-0.1, -0.05) is 85.6 Å². The maximum Gasteiger partial charge on any atom is 0.309 e. The minimum atomic E-state index is -0.829. The van der Waals surface area contributed by atoms with Crippen LogP contribution >= 0.6 is 11.6 Å². The molecule has 1 N–H and O–H groups in total. The highest BCUT2D eigenvalue weighted by Gasteiger charge is 2.70. The highest BCUT2D eigenvalue weighted by Crippen LogP contribution is 2.77. The summed E-state index contributed by atoms with van der Waals surface area (Å²) in [6.45, 7) is 22.6. The predicted molar refractivity (Wildman–Crippen MR) is 233 cm³/mol. The number of amides is 1. The second kappa shape index (κ2) is 15.3. The van der Waals surface area contributed by atoms with Crippen molar-refractivity contribution in [3.05, 3.63) is 46.0 Å². The Bertz CT molecular complexity index is 1900. The van der Waals surface area contributed by atoms with Crippen LogP contribution in [0.25, 0.3) is 0 Å². The molecule has 0 unspecified atom stereocenters. The molecule has 0 radical (unpaired) electrons. The number of fused-ring (bicyclic) bond motifs is 7. The lowest BCUT2D eigenvalue weighted by Crippen LogP contribution is -2.66. The van der Waals surface area contributed by atoms with Crippen LogP contribution < -0.4 is 0 Å². The van der Waals surface area contributed by atoms with E-state index in [4.69, 9.17) is 16.3 Å². The van der Waals surface area contributed by atoms with Gasteiger partial charge in [-0.05, 0) is 147 Å². The number of ketones is 1.